The summed E-state index contributed by atoms with van der Waals surface area (Å²) in [5.74, 6) is -0.205. The van der Waals surface area contributed by atoms with Gasteiger partial charge in [0.05, 0.1) is 4.47 Å². The average molecular weight is 327 g/mol. The number of pyridine rings is 1. The maximum absolute atomic E-state index is 10.9. The van der Waals surface area contributed by atoms with Gasteiger partial charge >= 0.3 is 5.82 Å². The van der Waals surface area contributed by atoms with E-state index in [9.17, 15) is 10.1 Å². The second-order valence-corrected chi connectivity index (χ2v) is 4.82. The molecule has 2 heterocycles. The molecule has 100 valence electrons. The Morgan fingerprint density at radius 2 is 2.32 bits per heavy atom. The zero-order valence-corrected chi connectivity index (χ0v) is 11.9. The van der Waals surface area contributed by atoms with Crippen LogP contribution in [-0.4, -0.2) is 19.7 Å². The molecule has 0 fully saturated rings. The highest BCUT2D eigenvalue weighted by Crippen LogP contribution is 2.30. The van der Waals surface area contributed by atoms with Crippen molar-refractivity contribution < 1.29 is 9.66 Å². The quantitative estimate of drug-likeness (QED) is 0.637. The van der Waals surface area contributed by atoms with Crippen LogP contribution in [0.2, 0.25) is 0 Å². The minimum atomic E-state index is -0.576. The third-order valence-corrected chi connectivity index (χ3v) is 2.86. The predicted molar refractivity (Wildman–Crippen MR) is 70.8 cm³/mol. The molecule has 0 bridgehead atoms. The summed E-state index contributed by atoms with van der Waals surface area (Å²) < 4.78 is 7.83. The third-order valence-electron chi connectivity index (χ3n) is 2.43. The van der Waals surface area contributed by atoms with Gasteiger partial charge in [-0.25, -0.2) is 0 Å². The lowest BCUT2D eigenvalue weighted by molar-refractivity contribution is -0.390. The first-order valence-electron chi connectivity index (χ1n) is 5.43. The number of halogens is 1. The van der Waals surface area contributed by atoms with Crippen LogP contribution in [-0.2, 0) is 7.05 Å². The van der Waals surface area contributed by atoms with Gasteiger partial charge < -0.3 is 14.9 Å². The van der Waals surface area contributed by atoms with Gasteiger partial charge in [0.25, 0.3) is 0 Å². The molecule has 0 saturated heterocycles. The number of nitro groups is 1. The molecule has 0 spiro atoms. The van der Waals surface area contributed by atoms with Crippen LogP contribution in [0.15, 0.2) is 29.0 Å². The van der Waals surface area contributed by atoms with Gasteiger partial charge in [-0.1, -0.05) is 0 Å². The fourth-order valence-corrected chi connectivity index (χ4v) is 1.85. The van der Waals surface area contributed by atoms with Crippen LogP contribution < -0.4 is 4.74 Å². The van der Waals surface area contributed by atoms with E-state index in [4.69, 9.17) is 4.74 Å². The van der Waals surface area contributed by atoms with E-state index in [2.05, 4.69) is 26.0 Å². The number of ether oxygens (including phenoxy) is 1. The minimum Gasteiger partial charge on any atom is -0.476 e. The van der Waals surface area contributed by atoms with Crippen molar-refractivity contribution in [3.8, 4) is 5.75 Å². The van der Waals surface area contributed by atoms with Gasteiger partial charge in [0.2, 0.25) is 5.75 Å². The molecule has 1 unspecified atom stereocenters. The number of aromatic nitrogens is 3. The molecule has 1 atom stereocenters. The second-order valence-electron chi connectivity index (χ2n) is 3.91. The van der Waals surface area contributed by atoms with Crippen molar-refractivity contribution in [2.75, 3.05) is 0 Å². The number of hydrogen-bond donors (Lipinski definition) is 0. The molecule has 8 heteroatoms. The highest BCUT2D eigenvalue weighted by molar-refractivity contribution is 9.10. The molecule has 0 radical (unpaired) electrons. The summed E-state index contributed by atoms with van der Waals surface area (Å²) in [6.45, 7) is 1.77. The maximum atomic E-state index is 10.9. The Kier molecular flexibility index (Phi) is 3.79. The molecule has 7 nitrogen and oxygen atoms in total. The van der Waals surface area contributed by atoms with E-state index < -0.39 is 11.0 Å². The van der Waals surface area contributed by atoms with Crippen molar-refractivity contribution in [2.45, 2.75) is 13.0 Å². The lowest BCUT2D eigenvalue weighted by Crippen LogP contribution is -2.07. The number of rotatable bonds is 4. The summed E-state index contributed by atoms with van der Waals surface area (Å²) in [5, 5.41) is 15.1. The number of aryl methyl sites for hydroxylation is 1. The molecule has 0 aromatic carbocycles. The topological polar surface area (TPSA) is 83.1 Å². The van der Waals surface area contributed by atoms with E-state index in [-0.39, 0.29) is 11.6 Å². The molecule has 2 aromatic heterocycles. The SMILES string of the molecule is CC(Oc1cc(Br)cnc1[N+](=O)[O-])c1ccn(C)n1. The Morgan fingerprint density at radius 1 is 1.58 bits per heavy atom. The zero-order chi connectivity index (χ0) is 14.0. The largest absolute Gasteiger partial charge is 0.476 e. The van der Waals surface area contributed by atoms with Crippen LogP contribution in [0.25, 0.3) is 0 Å². The molecular weight excluding hydrogens is 316 g/mol. The molecule has 0 N–H and O–H groups in total. The normalized spacial score (nSPS) is 12.2. The minimum absolute atomic E-state index is 0.109. The third kappa shape index (κ3) is 3.08. The smallest absolute Gasteiger partial charge is 0.406 e. The van der Waals surface area contributed by atoms with E-state index >= 15 is 0 Å². The molecular formula is C11H11BrN4O3. The standard InChI is InChI=1S/C11H11BrN4O3/c1-7(9-3-4-15(2)14-9)19-10-5-8(12)6-13-11(10)16(17)18/h3-7H,1-2H3. The Balaban J connectivity index is 2.27. The van der Waals surface area contributed by atoms with Crippen molar-refractivity contribution in [3.05, 3.63) is 44.8 Å². The number of hydrogen-bond acceptors (Lipinski definition) is 5. The predicted octanol–water partition coefficient (Wildman–Crippen LogP) is 2.63. The molecule has 0 saturated carbocycles. The van der Waals surface area contributed by atoms with Crippen molar-refractivity contribution in [1.29, 1.82) is 0 Å². The Bertz CT molecular complexity index is 614. The van der Waals surface area contributed by atoms with E-state index in [0.717, 1.165) is 0 Å². The van der Waals surface area contributed by atoms with E-state index in [1.54, 1.807) is 30.9 Å². The highest BCUT2D eigenvalue weighted by Gasteiger charge is 2.21. The van der Waals surface area contributed by atoms with Crippen LogP contribution in [0.3, 0.4) is 0 Å². The Labute approximate surface area is 117 Å². The van der Waals surface area contributed by atoms with Gasteiger partial charge in [-0.2, -0.15) is 5.10 Å². The first-order chi connectivity index (χ1) is 8.97. The average Bonchev–Trinajstić information content (AvgIpc) is 2.75. The van der Waals surface area contributed by atoms with Crippen LogP contribution >= 0.6 is 15.9 Å². The van der Waals surface area contributed by atoms with Crippen molar-refractivity contribution >= 4 is 21.7 Å². The zero-order valence-electron chi connectivity index (χ0n) is 10.3. The Morgan fingerprint density at radius 3 is 2.89 bits per heavy atom. The molecule has 19 heavy (non-hydrogen) atoms. The molecule has 0 amide bonds. The maximum Gasteiger partial charge on any atom is 0.406 e. The highest BCUT2D eigenvalue weighted by atomic mass is 79.9. The van der Waals surface area contributed by atoms with Crippen molar-refractivity contribution in [1.82, 2.24) is 14.8 Å². The fourth-order valence-electron chi connectivity index (χ4n) is 1.54. The summed E-state index contributed by atoms with van der Waals surface area (Å²) in [5.41, 5.74) is 0.691. The van der Waals surface area contributed by atoms with Gasteiger partial charge in [0.15, 0.2) is 6.20 Å². The van der Waals surface area contributed by atoms with Gasteiger partial charge in [-0.3, -0.25) is 4.68 Å². The van der Waals surface area contributed by atoms with E-state index in [0.29, 0.717) is 10.2 Å². The van der Waals surface area contributed by atoms with Gasteiger partial charge in [0, 0.05) is 19.3 Å². The second kappa shape index (κ2) is 5.35. The van der Waals surface area contributed by atoms with Crippen LogP contribution in [0.1, 0.15) is 18.7 Å². The Hall–Kier alpha value is -1.96. The first-order valence-corrected chi connectivity index (χ1v) is 6.23. The van der Waals surface area contributed by atoms with Crippen molar-refractivity contribution in [3.63, 3.8) is 0 Å². The summed E-state index contributed by atoms with van der Waals surface area (Å²) in [7, 11) is 1.79. The molecule has 0 aliphatic carbocycles. The van der Waals surface area contributed by atoms with Gasteiger partial charge in [-0.15, -0.1) is 0 Å². The van der Waals surface area contributed by atoms with E-state index in [1.807, 2.05) is 0 Å². The van der Waals surface area contributed by atoms with Gasteiger partial charge in [0.1, 0.15) is 11.8 Å². The summed E-state index contributed by atoms with van der Waals surface area (Å²) in [4.78, 5) is 14.0. The molecule has 0 aliphatic heterocycles. The lowest BCUT2D eigenvalue weighted by atomic mass is 10.3. The summed E-state index contributed by atoms with van der Waals surface area (Å²) >= 11 is 3.21. The van der Waals surface area contributed by atoms with E-state index in [1.165, 1.54) is 12.3 Å². The lowest BCUT2D eigenvalue weighted by Gasteiger charge is -2.12. The van der Waals surface area contributed by atoms with Crippen molar-refractivity contribution in [2.24, 2.45) is 7.05 Å². The first kappa shape index (κ1) is 13.5. The van der Waals surface area contributed by atoms with Gasteiger partial charge in [-0.05, 0) is 38.8 Å². The fraction of sp³-hybridized carbons (Fsp3) is 0.273. The molecule has 0 aliphatic rings. The van der Waals surface area contributed by atoms with Crippen LogP contribution in [0.5, 0.6) is 5.75 Å². The molecule has 2 aromatic rings. The summed E-state index contributed by atoms with van der Waals surface area (Å²) in [6, 6.07) is 3.31. The number of nitrogens with zero attached hydrogens (tertiary/aromatic N) is 4. The van der Waals surface area contributed by atoms with Crippen LogP contribution in [0.4, 0.5) is 5.82 Å². The van der Waals surface area contributed by atoms with Crippen LogP contribution in [0, 0.1) is 10.1 Å². The monoisotopic (exact) mass is 326 g/mol. The summed E-state index contributed by atoms with van der Waals surface area (Å²) in [6.07, 6.45) is 2.73. The molecule has 2 rings (SSSR count).